The Morgan fingerprint density at radius 1 is 1.36 bits per heavy atom. The predicted molar refractivity (Wildman–Crippen MR) is 52.8 cm³/mol. The van der Waals surface area contributed by atoms with Crippen LogP contribution in [-0.2, 0) is 0 Å². The summed E-state index contributed by atoms with van der Waals surface area (Å²) in [6.07, 6.45) is 0. The van der Waals surface area contributed by atoms with Crippen LogP contribution in [0.5, 0.6) is 5.75 Å². The van der Waals surface area contributed by atoms with Crippen molar-refractivity contribution in [2.75, 3.05) is 12.8 Å². The highest BCUT2D eigenvalue weighted by Crippen LogP contribution is 2.20. The molecule has 2 aromatic rings. The fourth-order valence-corrected chi connectivity index (χ4v) is 1.18. The van der Waals surface area contributed by atoms with Crippen molar-refractivity contribution < 1.29 is 4.74 Å². The number of nitrogen functional groups attached to an aromatic ring is 1. The normalized spacial score (nSPS) is 10.1. The Labute approximate surface area is 80.9 Å². The summed E-state index contributed by atoms with van der Waals surface area (Å²) in [5.41, 5.74) is 6.32. The van der Waals surface area contributed by atoms with Crippen LogP contribution in [0.25, 0.3) is 11.4 Å². The summed E-state index contributed by atoms with van der Waals surface area (Å²) in [6, 6.07) is 7.51. The molecule has 0 aliphatic heterocycles. The van der Waals surface area contributed by atoms with Gasteiger partial charge in [0.1, 0.15) is 5.75 Å². The number of hydrogen-bond acceptors (Lipinski definition) is 4. The Bertz CT molecular complexity index is 438. The van der Waals surface area contributed by atoms with Gasteiger partial charge in [-0.1, -0.05) is 12.1 Å². The van der Waals surface area contributed by atoms with Crippen LogP contribution in [0.1, 0.15) is 0 Å². The van der Waals surface area contributed by atoms with E-state index in [4.69, 9.17) is 10.5 Å². The third kappa shape index (κ3) is 1.52. The van der Waals surface area contributed by atoms with Gasteiger partial charge in [0.2, 0.25) is 5.95 Å². The lowest BCUT2D eigenvalue weighted by Crippen LogP contribution is -1.86. The Hall–Kier alpha value is -2.04. The number of rotatable bonds is 2. The molecular weight excluding hydrogens is 180 g/mol. The highest BCUT2D eigenvalue weighted by Gasteiger charge is 2.03. The number of benzene rings is 1. The Morgan fingerprint density at radius 2 is 2.21 bits per heavy atom. The van der Waals surface area contributed by atoms with E-state index < -0.39 is 0 Å². The first-order valence-electron chi connectivity index (χ1n) is 4.12. The second-order valence-electron chi connectivity index (χ2n) is 2.79. The molecule has 0 aliphatic carbocycles. The third-order valence-corrected chi connectivity index (χ3v) is 1.85. The number of nitrogens with two attached hydrogens (primary N) is 1. The summed E-state index contributed by atoms with van der Waals surface area (Å²) in [4.78, 5) is 2.84. The van der Waals surface area contributed by atoms with Crippen LogP contribution in [-0.4, -0.2) is 22.3 Å². The molecule has 0 saturated carbocycles. The number of nitrogens with zero attached hydrogens (tertiary/aromatic N) is 2. The maximum atomic E-state index is 5.43. The van der Waals surface area contributed by atoms with Crippen LogP contribution in [0.15, 0.2) is 24.3 Å². The van der Waals surface area contributed by atoms with Crippen molar-refractivity contribution in [3.8, 4) is 17.1 Å². The number of H-pyrrole nitrogens is 1. The van der Waals surface area contributed by atoms with Crippen LogP contribution in [0, 0.1) is 0 Å². The van der Waals surface area contributed by atoms with Crippen molar-refractivity contribution in [1.29, 1.82) is 0 Å². The second-order valence-corrected chi connectivity index (χ2v) is 2.79. The summed E-state index contributed by atoms with van der Waals surface area (Å²) < 4.78 is 5.09. The number of aromatic nitrogens is 3. The zero-order valence-corrected chi connectivity index (χ0v) is 7.69. The zero-order valence-electron chi connectivity index (χ0n) is 7.69. The predicted octanol–water partition coefficient (Wildman–Crippen LogP) is 1.06. The summed E-state index contributed by atoms with van der Waals surface area (Å²) in [6.45, 7) is 0. The van der Waals surface area contributed by atoms with Gasteiger partial charge in [-0.3, -0.25) is 0 Å². The van der Waals surface area contributed by atoms with Gasteiger partial charge in [-0.25, -0.2) is 0 Å². The van der Waals surface area contributed by atoms with Crippen LogP contribution in [0.4, 0.5) is 5.95 Å². The van der Waals surface area contributed by atoms with E-state index in [1.165, 1.54) is 0 Å². The molecule has 72 valence electrons. The molecule has 0 spiro atoms. The average molecular weight is 190 g/mol. The lowest BCUT2D eigenvalue weighted by atomic mass is 10.2. The molecule has 0 aliphatic rings. The quantitative estimate of drug-likeness (QED) is 0.742. The van der Waals surface area contributed by atoms with Crippen LogP contribution in [0.2, 0.25) is 0 Å². The van der Waals surface area contributed by atoms with E-state index in [0.29, 0.717) is 11.8 Å². The number of ether oxygens (including phenoxy) is 1. The van der Waals surface area contributed by atoms with E-state index >= 15 is 0 Å². The Kier molecular flexibility index (Phi) is 2.06. The largest absolute Gasteiger partial charge is 0.497 e. The van der Waals surface area contributed by atoms with Crippen molar-refractivity contribution in [3.63, 3.8) is 0 Å². The summed E-state index contributed by atoms with van der Waals surface area (Å²) >= 11 is 0. The standard InChI is InChI=1S/C9H10N4O/c1-14-7-4-2-3-6(5-7)8-11-9(10)13-12-8/h2-5H,1H3,(H3,10,11,12,13). The maximum Gasteiger partial charge on any atom is 0.219 e. The van der Waals surface area contributed by atoms with Gasteiger partial charge < -0.3 is 15.5 Å². The SMILES string of the molecule is COc1cccc(-c2nnc(N)[nH]2)c1. The van der Waals surface area contributed by atoms with Gasteiger partial charge >= 0.3 is 0 Å². The minimum Gasteiger partial charge on any atom is -0.497 e. The molecule has 1 aromatic heterocycles. The van der Waals surface area contributed by atoms with Gasteiger partial charge in [-0.15, -0.1) is 10.2 Å². The smallest absolute Gasteiger partial charge is 0.219 e. The molecule has 0 bridgehead atoms. The van der Waals surface area contributed by atoms with Crippen molar-refractivity contribution in [2.45, 2.75) is 0 Å². The monoisotopic (exact) mass is 190 g/mol. The Morgan fingerprint density at radius 3 is 2.86 bits per heavy atom. The molecule has 2 rings (SSSR count). The van der Waals surface area contributed by atoms with Gasteiger partial charge in [0.25, 0.3) is 0 Å². The number of nitrogens with one attached hydrogen (secondary N) is 1. The van der Waals surface area contributed by atoms with Crippen LogP contribution < -0.4 is 10.5 Å². The van der Waals surface area contributed by atoms with Gasteiger partial charge in [-0.05, 0) is 12.1 Å². The molecule has 1 heterocycles. The topological polar surface area (TPSA) is 76.8 Å². The lowest BCUT2D eigenvalue weighted by Gasteiger charge is -2.00. The molecule has 0 saturated heterocycles. The molecule has 3 N–H and O–H groups in total. The fraction of sp³-hybridized carbons (Fsp3) is 0.111. The van der Waals surface area contributed by atoms with Crippen molar-refractivity contribution in [3.05, 3.63) is 24.3 Å². The molecule has 0 amide bonds. The first-order chi connectivity index (χ1) is 6.79. The van der Waals surface area contributed by atoms with Crippen molar-refractivity contribution in [2.24, 2.45) is 0 Å². The van der Waals surface area contributed by atoms with E-state index in [2.05, 4.69) is 15.2 Å². The molecule has 0 radical (unpaired) electrons. The first-order valence-corrected chi connectivity index (χ1v) is 4.12. The molecular formula is C9H10N4O. The van der Waals surface area contributed by atoms with E-state index in [1.807, 2.05) is 24.3 Å². The lowest BCUT2D eigenvalue weighted by molar-refractivity contribution is 0.415. The van der Waals surface area contributed by atoms with Gasteiger partial charge in [0, 0.05) is 5.56 Å². The zero-order chi connectivity index (χ0) is 9.97. The number of anilines is 1. The number of hydrogen-bond donors (Lipinski definition) is 2. The summed E-state index contributed by atoms with van der Waals surface area (Å²) in [5.74, 6) is 1.72. The van der Waals surface area contributed by atoms with E-state index in [9.17, 15) is 0 Å². The first kappa shape index (κ1) is 8.55. The molecule has 0 fully saturated rings. The van der Waals surface area contributed by atoms with E-state index in [0.717, 1.165) is 11.3 Å². The average Bonchev–Trinajstić information content (AvgIpc) is 2.65. The number of aromatic amines is 1. The summed E-state index contributed by atoms with van der Waals surface area (Å²) in [5, 5.41) is 7.56. The second kappa shape index (κ2) is 3.37. The highest BCUT2D eigenvalue weighted by atomic mass is 16.5. The fourth-order valence-electron chi connectivity index (χ4n) is 1.18. The van der Waals surface area contributed by atoms with Gasteiger partial charge in [0.15, 0.2) is 5.82 Å². The molecule has 14 heavy (non-hydrogen) atoms. The van der Waals surface area contributed by atoms with E-state index in [-0.39, 0.29) is 0 Å². The Balaban J connectivity index is 2.41. The van der Waals surface area contributed by atoms with Gasteiger partial charge in [0.05, 0.1) is 7.11 Å². The molecule has 5 nitrogen and oxygen atoms in total. The molecule has 5 heteroatoms. The van der Waals surface area contributed by atoms with E-state index in [1.54, 1.807) is 7.11 Å². The molecule has 0 atom stereocenters. The molecule has 1 aromatic carbocycles. The van der Waals surface area contributed by atoms with Crippen molar-refractivity contribution in [1.82, 2.24) is 15.2 Å². The van der Waals surface area contributed by atoms with Crippen LogP contribution in [0.3, 0.4) is 0 Å². The summed E-state index contributed by atoms with van der Waals surface area (Å²) in [7, 11) is 1.62. The van der Waals surface area contributed by atoms with Crippen molar-refractivity contribution >= 4 is 5.95 Å². The minimum absolute atomic E-state index is 0.308. The van der Waals surface area contributed by atoms with Crippen LogP contribution >= 0.6 is 0 Å². The highest BCUT2D eigenvalue weighted by molar-refractivity contribution is 5.58. The third-order valence-electron chi connectivity index (χ3n) is 1.85. The van der Waals surface area contributed by atoms with Gasteiger partial charge in [-0.2, -0.15) is 0 Å². The minimum atomic E-state index is 0.308. The number of methoxy groups -OCH3 is 1. The maximum absolute atomic E-state index is 5.43. The molecule has 0 unspecified atom stereocenters.